The molecule has 0 saturated carbocycles. The van der Waals surface area contributed by atoms with Gasteiger partial charge in [-0.3, -0.25) is 9.89 Å². The number of aromatic hydroxyl groups is 1. The number of methoxy groups -OCH3 is 1. The van der Waals surface area contributed by atoms with Crippen LogP contribution in [0.4, 0.5) is 0 Å². The largest absolute Gasteiger partial charge is 0.507 e. The molecule has 2 aromatic carbocycles. The molecule has 0 unspecified atom stereocenters. The van der Waals surface area contributed by atoms with E-state index in [-0.39, 0.29) is 11.8 Å². The third kappa shape index (κ3) is 4.33. The lowest BCUT2D eigenvalue weighted by Crippen LogP contribution is -2.28. The maximum atomic E-state index is 9.93. The molecule has 0 aromatic heterocycles. The first kappa shape index (κ1) is 17.8. The summed E-state index contributed by atoms with van der Waals surface area (Å²) in [4.78, 5) is 7.05. The molecule has 3 rings (SSSR count). The fourth-order valence-corrected chi connectivity index (χ4v) is 3.47. The fraction of sp³-hybridized carbons (Fsp3) is 0.350. The van der Waals surface area contributed by atoms with Crippen molar-refractivity contribution in [1.29, 1.82) is 0 Å². The van der Waals surface area contributed by atoms with E-state index in [2.05, 4.69) is 16.0 Å². The molecule has 0 bridgehead atoms. The summed E-state index contributed by atoms with van der Waals surface area (Å²) in [5, 5.41) is 10.5. The molecular weight excluding hydrogens is 336 g/mol. The van der Waals surface area contributed by atoms with Crippen LogP contribution in [-0.4, -0.2) is 43.0 Å². The molecule has 1 aliphatic rings. The van der Waals surface area contributed by atoms with E-state index in [4.69, 9.17) is 16.3 Å². The Morgan fingerprint density at radius 1 is 1.24 bits per heavy atom. The Bertz CT molecular complexity index is 742. The van der Waals surface area contributed by atoms with Gasteiger partial charge in [0.2, 0.25) is 0 Å². The van der Waals surface area contributed by atoms with Crippen molar-refractivity contribution < 1.29 is 9.84 Å². The molecule has 4 nitrogen and oxygen atoms in total. The second-order valence-corrected chi connectivity index (χ2v) is 6.63. The minimum absolute atomic E-state index is 0.163. The second kappa shape index (κ2) is 8.37. The van der Waals surface area contributed by atoms with Gasteiger partial charge in [-0.1, -0.05) is 29.8 Å². The molecule has 1 aliphatic heterocycles. The summed E-state index contributed by atoms with van der Waals surface area (Å²) in [5.74, 6) is 1.07. The van der Waals surface area contributed by atoms with E-state index in [1.807, 2.05) is 18.2 Å². The molecule has 1 fully saturated rings. The van der Waals surface area contributed by atoms with Crippen LogP contribution >= 0.6 is 11.6 Å². The zero-order valence-corrected chi connectivity index (χ0v) is 15.1. The van der Waals surface area contributed by atoms with Crippen LogP contribution < -0.4 is 4.74 Å². The molecule has 1 atom stereocenters. The number of likely N-dealkylation sites (tertiary alicyclic amines) is 1. The summed E-state index contributed by atoms with van der Waals surface area (Å²) in [6.45, 7) is 2.74. The molecule has 5 heteroatoms. The molecule has 1 N–H and O–H groups in total. The highest BCUT2D eigenvalue weighted by atomic mass is 35.5. The van der Waals surface area contributed by atoms with Crippen molar-refractivity contribution >= 4 is 17.8 Å². The number of aliphatic imine (C=N–C) groups is 1. The van der Waals surface area contributed by atoms with Gasteiger partial charge < -0.3 is 9.84 Å². The number of nitrogens with zero attached hydrogens (tertiary/aromatic N) is 2. The third-order valence-electron chi connectivity index (χ3n) is 4.58. The lowest BCUT2D eigenvalue weighted by atomic mass is 10.0. The molecule has 25 heavy (non-hydrogen) atoms. The van der Waals surface area contributed by atoms with Crippen LogP contribution in [0, 0.1) is 0 Å². The minimum Gasteiger partial charge on any atom is -0.507 e. The normalized spacial score (nSPS) is 16.4. The number of para-hydroxylation sites is 1. The summed E-state index contributed by atoms with van der Waals surface area (Å²) in [7, 11) is 1.70. The van der Waals surface area contributed by atoms with E-state index < -0.39 is 0 Å². The molecule has 2 aromatic rings. The summed E-state index contributed by atoms with van der Waals surface area (Å²) < 4.78 is 5.55. The van der Waals surface area contributed by atoms with Crippen LogP contribution in [0.2, 0.25) is 5.02 Å². The average Bonchev–Trinajstić information content (AvgIpc) is 3.16. The number of hydrogen-bond donors (Lipinski definition) is 1. The maximum absolute atomic E-state index is 9.93. The molecule has 1 saturated heterocycles. The monoisotopic (exact) mass is 358 g/mol. The van der Waals surface area contributed by atoms with Crippen molar-refractivity contribution in [3.63, 3.8) is 0 Å². The van der Waals surface area contributed by atoms with E-state index in [0.717, 1.165) is 24.4 Å². The molecule has 1 heterocycles. The van der Waals surface area contributed by atoms with Gasteiger partial charge in [0.25, 0.3) is 0 Å². The van der Waals surface area contributed by atoms with E-state index in [9.17, 15) is 5.11 Å². The second-order valence-electron chi connectivity index (χ2n) is 6.20. The summed E-state index contributed by atoms with van der Waals surface area (Å²) in [6, 6.07) is 13.2. The Hall–Kier alpha value is -2.04. The topological polar surface area (TPSA) is 45.1 Å². The smallest absolute Gasteiger partial charge is 0.124 e. The highest BCUT2D eigenvalue weighted by molar-refractivity contribution is 6.30. The average molecular weight is 359 g/mol. The van der Waals surface area contributed by atoms with Crippen LogP contribution in [0.25, 0.3) is 0 Å². The van der Waals surface area contributed by atoms with Gasteiger partial charge in [0.1, 0.15) is 11.5 Å². The standard InChI is InChI=1S/C20H23ClN2O2/c1-25-20-7-3-2-6-17(20)18(23-10-4-5-11-23)14-22-13-15-12-16(21)8-9-19(15)24/h2-3,6-9,12-13,18,24H,4-5,10-11,14H2,1H3/t18-/m0/s1. The van der Waals surface area contributed by atoms with Crippen molar-refractivity contribution in [2.45, 2.75) is 18.9 Å². The first-order chi connectivity index (χ1) is 12.2. The minimum atomic E-state index is 0.163. The van der Waals surface area contributed by atoms with Crippen molar-refractivity contribution in [1.82, 2.24) is 4.90 Å². The molecule has 0 radical (unpaired) electrons. The Kier molecular flexibility index (Phi) is 5.95. The van der Waals surface area contributed by atoms with Gasteiger partial charge in [-0.05, 0) is 50.2 Å². The van der Waals surface area contributed by atoms with Gasteiger partial charge in [-0.15, -0.1) is 0 Å². The summed E-state index contributed by atoms with van der Waals surface area (Å²) >= 11 is 6.00. The van der Waals surface area contributed by atoms with Crippen LogP contribution in [0.3, 0.4) is 0 Å². The van der Waals surface area contributed by atoms with E-state index in [1.165, 1.54) is 12.8 Å². The number of phenols is 1. The number of rotatable bonds is 6. The fourth-order valence-electron chi connectivity index (χ4n) is 3.29. The lowest BCUT2D eigenvalue weighted by molar-refractivity contribution is 0.246. The molecular formula is C20H23ClN2O2. The molecule has 0 aliphatic carbocycles. The first-order valence-corrected chi connectivity index (χ1v) is 8.92. The Balaban J connectivity index is 1.83. The Labute approximate surface area is 153 Å². The quantitative estimate of drug-likeness (QED) is 0.782. The lowest BCUT2D eigenvalue weighted by Gasteiger charge is -2.27. The van der Waals surface area contributed by atoms with Crippen molar-refractivity contribution in [3.8, 4) is 11.5 Å². The van der Waals surface area contributed by atoms with Crippen LogP contribution in [0.15, 0.2) is 47.5 Å². The third-order valence-corrected chi connectivity index (χ3v) is 4.81. The number of benzene rings is 2. The van der Waals surface area contributed by atoms with Crippen molar-refractivity contribution in [2.24, 2.45) is 4.99 Å². The molecule has 0 spiro atoms. The zero-order valence-electron chi connectivity index (χ0n) is 14.4. The van der Waals surface area contributed by atoms with E-state index >= 15 is 0 Å². The highest BCUT2D eigenvalue weighted by Crippen LogP contribution is 2.32. The van der Waals surface area contributed by atoms with Gasteiger partial charge in [-0.2, -0.15) is 0 Å². The zero-order chi connectivity index (χ0) is 17.6. The number of phenolic OH excluding ortho intramolecular Hbond substituents is 1. The number of hydrogen-bond acceptors (Lipinski definition) is 4. The SMILES string of the molecule is COc1ccccc1[C@H](CN=Cc1cc(Cl)ccc1O)N1CCCC1. The predicted molar refractivity (Wildman–Crippen MR) is 102 cm³/mol. The predicted octanol–water partition coefficient (Wildman–Crippen LogP) is 4.31. The molecule has 0 amide bonds. The van der Waals surface area contributed by atoms with Gasteiger partial charge in [0.05, 0.1) is 19.7 Å². The van der Waals surface area contributed by atoms with Crippen LogP contribution in [0.5, 0.6) is 11.5 Å². The summed E-state index contributed by atoms with van der Waals surface area (Å²) in [6.07, 6.45) is 4.12. The van der Waals surface area contributed by atoms with Gasteiger partial charge in [-0.25, -0.2) is 0 Å². The summed E-state index contributed by atoms with van der Waals surface area (Å²) in [5.41, 5.74) is 1.78. The Morgan fingerprint density at radius 3 is 2.76 bits per heavy atom. The maximum Gasteiger partial charge on any atom is 0.124 e. The van der Waals surface area contributed by atoms with Crippen LogP contribution in [0.1, 0.15) is 30.0 Å². The van der Waals surface area contributed by atoms with Crippen molar-refractivity contribution in [2.75, 3.05) is 26.7 Å². The van der Waals surface area contributed by atoms with Crippen LogP contribution in [-0.2, 0) is 0 Å². The van der Waals surface area contributed by atoms with Gasteiger partial charge >= 0.3 is 0 Å². The number of halogens is 1. The Morgan fingerprint density at radius 2 is 2.00 bits per heavy atom. The van der Waals surface area contributed by atoms with Gasteiger partial charge in [0, 0.05) is 22.4 Å². The van der Waals surface area contributed by atoms with E-state index in [1.54, 1.807) is 31.5 Å². The van der Waals surface area contributed by atoms with Crippen molar-refractivity contribution in [3.05, 3.63) is 58.6 Å². The first-order valence-electron chi connectivity index (χ1n) is 8.54. The van der Waals surface area contributed by atoms with Gasteiger partial charge in [0.15, 0.2) is 0 Å². The number of ether oxygens (including phenoxy) is 1. The highest BCUT2D eigenvalue weighted by Gasteiger charge is 2.25. The van der Waals surface area contributed by atoms with E-state index in [0.29, 0.717) is 17.1 Å². The molecule has 132 valence electrons.